The molecule has 0 aliphatic rings. The van der Waals surface area contributed by atoms with Crippen LogP contribution in [0, 0.1) is 10.1 Å². The van der Waals surface area contributed by atoms with E-state index in [1.165, 1.54) is 27.0 Å². The van der Waals surface area contributed by atoms with E-state index in [1.807, 2.05) is 0 Å². The minimum atomic E-state index is -1.24. The lowest BCUT2D eigenvalue weighted by atomic mass is 9.97. The predicted octanol–water partition coefficient (Wildman–Crippen LogP) is 1.54. The number of hydrogen-bond acceptors (Lipinski definition) is 5. The summed E-state index contributed by atoms with van der Waals surface area (Å²) in [5, 5.41) is 29.9. The van der Waals surface area contributed by atoms with Crippen LogP contribution in [0.5, 0.6) is 11.5 Å². The summed E-state index contributed by atoms with van der Waals surface area (Å²) >= 11 is 0. The molecule has 0 atom stereocenters. The Morgan fingerprint density at radius 2 is 2.00 bits per heavy atom. The third-order valence-corrected chi connectivity index (χ3v) is 2.18. The van der Waals surface area contributed by atoms with Crippen molar-refractivity contribution in [1.29, 1.82) is 0 Å². The molecule has 16 heavy (non-hydrogen) atoms. The molecule has 1 aromatic rings. The predicted molar refractivity (Wildman–Crippen MR) is 56.6 cm³/mol. The molecule has 0 aliphatic heterocycles. The molecule has 0 unspecified atom stereocenters. The first-order valence-electron chi connectivity index (χ1n) is 4.55. The fourth-order valence-electron chi connectivity index (χ4n) is 1.24. The van der Waals surface area contributed by atoms with Gasteiger partial charge in [-0.05, 0) is 25.5 Å². The Kier molecular flexibility index (Phi) is 3.04. The van der Waals surface area contributed by atoms with Gasteiger partial charge in [-0.2, -0.15) is 0 Å². The van der Waals surface area contributed by atoms with E-state index in [0.717, 1.165) is 6.07 Å². The Hall–Kier alpha value is -1.82. The molecule has 0 aliphatic carbocycles. The second-order valence-electron chi connectivity index (χ2n) is 3.86. The second kappa shape index (κ2) is 3.97. The Morgan fingerprint density at radius 3 is 2.38 bits per heavy atom. The standard InChI is InChI=1S/C10H13NO5/c1-10(2,13)6-4-7(11(14)15)9(12)8(5-6)16-3/h4-5,12-13H,1-3H3. The van der Waals surface area contributed by atoms with Gasteiger partial charge in [0.25, 0.3) is 0 Å². The Labute approximate surface area is 92.2 Å². The smallest absolute Gasteiger partial charge is 0.315 e. The Morgan fingerprint density at radius 1 is 1.44 bits per heavy atom. The van der Waals surface area contributed by atoms with Crippen molar-refractivity contribution in [3.63, 3.8) is 0 Å². The molecule has 0 aromatic heterocycles. The molecule has 0 saturated heterocycles. The highest BCUT2D eigenvalue weighted by Crippen LogP contribution is 2.39. The van der Waals surface area contributed by atoms with Crippen molar-refractivity contribution in [2.45, 2.75) is 19.4 Å². The normalized spacial score (nSPS) is 11.2. The molecule has 0 radical (unpaired) electrons. The van der Waals surface area contributed by atoms with Gasteiger partial charge < -0.3 is 14.9 Å². The molecule has 1 aromatic carbocycles. The summed E-state index contributed by atoms with van der Waals surface area (Å²) in [7, 11) is 1.28. The van der Waals surface area contributed by atoms with Gasteiger partial charge >= 0.3 is 5.69 Å². The minimum Gasteiger partial charge on any atom is -0.500 e. The number of ether oxygens (including phenoxy) is 1. The third-order valence-electron chi connectivity index (χ3n) is 2.18. The van der Waals surface area contributed by atoms with Crippen LogP contribution in [0.1, 0.15) is 19.4 Å². The highest BCUT2D eigenvalue weighted by atomic mass is 16.6. The lowest BCUT2D eigenvalue weighted by Crippen LogP contribution is -2.15. The topological polar surface area (TPSA) is 92.8 Å². The summed E-state index contributed by atoms with van der Waals surface area (Å²) in [6.45, 7) is 2.98. The zero-order valence-corrected chi connectivity index (χ0v) is 9.22. The maximum absolute atomic E-state index is 10.7. The minimum absolute atomic E-state index is 0.0358. The molecular formula is C10H13NO5. The average Bonchev–Trinajstić information content (AvgIpc) is 2.15. The molecule has 0 fully saturated rings. The van der Waals surface area contributed by atoms with Crippen LogP contribution in [0.25, 0.3) is 0 Å². The van der Waals surface area contributed by atoms with Gasteiger partial charge in [-0.1, -0.05) is 0 Å². The second-order valence-corrected chi connectivity index (χ2v) is 3.86. The molecule has 2 N–H and O–H groups in total. The number of nitro benzene ring substituents is 1. The quantitative estimate of drug-likeness (QED) is 0.603. The maximum Gasteiger partial charge on any atom is 0.315 e. The van der Waals surface area contributed by atoms with E-state index >= 15 is 0 Å². The van der Waals surface area contributed by atoms with E-state index in [-0.39, 0.29) is 5.75 Å². The van der Waals surface area contributed by atoms with Gasteiger partial charge in [-0.15, -0.1) is 0 Å². The van der Waals surface area contributed by atoms with Gasteiger partial charge in [0.2, 0.25) is 5.75 Å². The van der Waals surface area contributed by atoms with E-state index in [9.17, 15) is 20.3 Å². The lowest BCUT2D eigenvalue weighted by molar-refractivity contribution is -0.386. The summed E-state index contributed by atoms with van der Waals surface area (Å²) in [6.07, 6.45) is 0. The van der Waals surface area contributed by atoms with Crippen molar-refractivity contribution in [2.75, 3.05) is 7.11 Å². The van der Waals surface area contributed by atoms with Gasteiger partial charge in [0, 0.05) is 6.07 Å². The SMILES string of the molecule is COc1cc(C(C)(C)O)cc([N+](=O)[O-])c1O. The molecule has 0 spiro atoms. The largest absolute Gasteiger partial charge is 0.500 e. The number of nitrogens with zero attached hydrogens (tertiary/aromatic N) is 1. The molecule has 0 heterocycles. The van der Waals surface area contributed by atoms with Crippen molar-refractivity contribution in [3.8, 4) is 11.5 Å². The summed E-state index contributed by atoms with van der Waals surface area (Å²) in [5.41, 5.74) is -1.43. The van der Waals surface area contributed by atoms with Crippen LogP contribution in [-0.2, 0) is 5.60 Å². The van der Waals surface area contributed by atoms with Crippen molar-refractivity contribution < 1.29 is 19.9 Å². The first-order valence-corrected chi connectivity index (χ1v) is 4.55. The number of phenolic OH excluding ortho intramolecular Hbond substituents is 1. The molecule has 0 bridgehead atoms. The van der Waals surface area contributed by atoms with Gasteiger partial charge in [-0.3, -0.25) is 10.1 Å². The van der Waals surface area contributed by atoms with Crippen LogP contribution in [-0.4, -0.2) is 22.2 Å². The van der Waals surface area contributed by atoms with Crippen molar-refractivity contribution in [2.24, 2.45) is 0 Å². The van der Waals surface area contributed by atoms with Crippen molar-refractivity contribution >= 4 is 5.69 Å². The van der Waals surface area contributed by atoms with E-state index in [4.69, 9.17) is 4.74 Å². The van der Waals surface area contributed by atoms with E-state index in [2.05, 4.69) is 0 Å². The first-order chi connectivity index (χ1) is 7.27. The number of phenols is 1. The highest BCUT2D eigenvalue weighted by Gasteiger charge is 2.25. The van der Waals surface area contributed by atoms with Gasteiger partial charge in [-0.25, -0.2) is 0 Å². The number of benzene rings is 1. The summed E-state index contributed by atoms with van der Waals surface area (Å²) < 4.78 is 4.81. The molecule has 88 valence electrons. The third kappa shape index (κ3) is 2.22. The Balaban J connectivity index is 3.46. The Bertz CT molecular complexity index is 422. The average molecular weight is 227 g/mol. The van der Waals surface area contributed by atoms with Crippen LogP contribution >= 0.6 is 0 Å². The number of nitro groups is 1. The highest BCUT2D eigenvalue weighted by molar-refractivity contribution is 5.57. The molecule has 6 nitrogen and oxygen atoms in total. The van der Waals surface area contributed by atoms with E-state index < -0.39 is 22.0 Å². The van der Waals surface area contributed by atoms with E-state index in [1.54, 1.807) is 0 Å². The van der Waals surface area contributed by atoms with Gasteiger partial charge in [0.15, 0.2) is 5.75 Å². The summed E-state index contributed by atoms with van der Waals surface area (Å²) in [5.74, 6) is -0.577. The fourth-order valence-corrected chi connectivity index (χ4v) is 1.24. The molecule has 0 saturated carbocycles. The van der Waals surface area contributed by atoms with Crippen molar-refractivity contribution in [1.82, 2.24) is 0 Å². The monoisotopic (exact) mass is 227 g/mol. The maximum atomic E-state index is 10.7. The summed E-state index contributed by atoms with van der Waals surface area (Å²) in [6, 6.07) is 2.49. The molecule has 6 heteroatoms. The zero-order valence-electron chi connectivity index (χ0n) is 9.22. The van der Waals surface area contributed by atoms with Crippen LogP contribution in [0.2, 0.25) is 0 Å². The van der Waals surface area contributed by atoms with Gasteiger partial charge in [0.05, 0.1) is 17.6 Å². The zero-order chi connectivity index (χ0) is 12.5. The number of aliphatic hydroxyl groups is 1. The van der Waals surface area contributed by atoms with Crippen LogP contribution in [0.4, 0.5) is 5.69 Å². The molecule has 1 rings (SSSR count). The summed E-state index contributed by atoms with van der Waals surface area (Å²) in [4.78, 5) is 9.95. The first kappa shape index (κ1) is 12.3. The number of aromatic hydroxyl groups is 1. The molecular weight excluding hydrogens is 214 g/mol. The van der Waals surface area contributed by atoms with Crippen molar-refractivity contribution in [3.05, 3.63) is 27.8 Å². The van der Waals surface area contributed by atoms with Crippen LogP contribution in [0.3, 0.4) is 0 Å². The number of hydrogen-bond donors (Lipinski definition) is 2. The fraction of sp³-hybridized carbons (Fsp3) is 0.400. The lowest BCUT2D eigenvalue weighted by Gasteiger charge is -2.18. The number of rotatable bonds is 3. The van der Waals surface area contributed by atoms with Crippen LogP contribution in [0.15, 0.2) is 12.1 Å². The van der Waals surface area contributed by atoms with Crippen LogP contribution < -0.4 is 4.74 Å². The number of methoxy groups -OCH3 is 1. The van der Waals surface area contributed by atoms with Gasteiger partial charge in [0.1, 0.15) is 0 Å². The molecule has 0 amide bonds. The van der Waals surface area contributed by atoms with E-state index in [0.29, 0.717) is 5.56 Å².